The van der Waals surface area contributed by atoms with E-state index in [1.807, 2.05) is 6.92 Å². The zero-order valence-corrected chi connectivity index (χ0v) is 9.29. The van der Waals surface area contributed by atoms with Crippen LogP contribution in [0.1, 0.15) is 16.1 Å². The van der Waals surface area contributed by atoms with Gasteiger partial charge in [-0.2, -0.15) is 0 Å². The van der Waals surface area contributed by atoms with Crippen molar-refractivity contribution in [2.75, 3.05) is 26.2 Å². The first-order valence-corrected chi connectivity index (χ1v) is 5.42. The molecule has 1 unspecified atom stereocenters. The molecule has 1 aromatic heterocycles. The van der Waals surface area contributed by atoms with E-state index in [2.05, 4.69) is 10.6 Å². The summed E-state index contributed by atoms with van der Waals surface area (Å²) in [6, 6.07) is 1.77. The zero-order chi connectivity index (χ0) is 11.4. The second-order valence-corrected chi connectivity index (χ2v) is 3.84. The molecule has 2 N–H and O–H groups in total. The summed E-state index contributed by atoms with van der Waals surface area (Å²) in [5, 5.41) is 6.00. The first kappa shape index (κ1) is 11.2. The molecule has 0 bridgehead atoms. The van der Waals surface area contributed by atoms with Gasteiger partial charge < -0.3 is 19.8 Å². The van der Waals surface area contributed by atoms with Crippen LogP contribution in [-0.2, 0) is 4.74 Å². The molecule has 2 rings (SSSR count). The van der Waals surface area contributed by atoms with Gasteiger partial charge in [0.1, 0.15) is 0 Å². The molecule has 0 spiro atoms. The lowest BCUT2D eigenvalue weighted by Gasteiger charge is -2.23. The Morgan fingerprint density at radius 1 is 1.69 bits per heavy atom. The Kier molecular flexibility index (Phi) is 3.58. The number of hydrogen-bond acceptors (Lipinski definition) is 4. The van der Waals surface area contributed by atoms with E-state index in [0.29, 0.717) is 18.9 Å². The zero-order valence-electron chi connectivity index (χ0n) is 9.29. The van der Waals surface area contributed by atoms with E-state index in [-0.39, 0.29) is 12.0 Å². The molecular weight excluding hydrogens is 208 g/mol. The largest absolute Gasteiger partial charge is 0.459 e. The molecule has 1 aromatic rings. The minimum atomic E-state index is -0.184. The molecule has 5 heteroatoms. The predicted molar refractivity (Wildman–Crippen MR) is 58.4 cm³/mol. The topological polar surface area (TPSA) is 63.5 Å². The lowest BCUT2D eigenvalue weighted by Crippen LogP contribution is -2.45. The summed E-state index contributed by atoms with van der Waals surface area (Å²) in [5.74, 6) is 0.195. The van der Waals surface area contributed by atoms with Crippen LogP contribution in [0.25, 0.3) is 0 Å². The first-order valence-electron chi connectivity index (χ1n) is 5.42. The molecular formula is C11H16N2O3. The quantitative estimate of drug-likeness (QED) is 0.775. The maximum Gasteiger partial charge on any atom is 0.287 e. The van der Waals surface area contributed by atoms with Gasteiger partial charge in [0.2, 0.25) is 0 Å². The van der Waals surface area contributed by atoms with Gasteiger partial charge in [0.25, 0.3) is 5.91 Å². The maximum atomic E-state index is 11.7. The van der Waals surface area contributed by atoms with Crippen LogP contribution >= 0.6 is 0 Å². The average Bonchev–Trinajstić information content (AvgIpc) is 2.74. The van der Waals surface area contributed by atoms with Crippen LogP contribution < -0.4 is 10.6 Å². The van der Waals surface area contributed by atoms with E-state index < -0.39 is 0 Å². The summed E-state index contributed by atoms with van der Waals surface area (Å²) in [7, 11) is 0. The maximum absolute atomic E-state index is 11.7. The van der Waals surface area contributed by atoms with Crippen molar-refractivity contribution in [1.82, 2.24) is 10.6 Å². The van der Waals surface area contributed by atoms with Crippen LogP contribution in [0, 0.1) is 6.92 Å². The van der Waals surface area contributed by atoms with Crippen molar-refractivity contribution in [1.29, 1.82) is 0 Å². The van der Waals surface area contributed by atoms with Crippen molar-refractivity contribution in [3.63, 3.8) is 0 Å². The molecule has 1 amide bonds. The minimum Gasteiger partial charge on any atom is -0.459 e. The molecule has 0 aromatic carbocycles. The lowest BCUT2D eigenvalue weighted by atomic mass is 10.2. The van der Waals surface area contributed by atoms with Gasteiger partial charge in [-0.25, -0.2) is 0 Å². The monoisotopic (exact) mass is 224 g/mol. The van der Waals surface area contributed by atoms with E-state index in [9.17, 15) is 4.79 Å². The second-order valence-electron chi connectivity index (χ2n) is 3.84. The highest BCUT2D eigenvalue weighted by atomic mass is 16.5. The summed E-state index contributed by atoms with van der Waals surface area (Å²) in [6.07, 6.45) is 1.57. The fraction of sp³-hybridized carbons (Fsp3) is 0.545. The normalized spacial score (nSPS) is 20.7. The highest BCUT2D eigenvalue weighted by Gasteiger charge is 2.17. The smallest absolute Gasteiger partial charge is 0.287 e. The van der Waals surface area contributed by atoms with Gasteiger partial charge in [0, 0.05) is 25.2 Å². The number of hydrogen-bond donors (Lipinski definition) is 2. The van der Waals surface area contributed by atoms with Gasteiger partial charge in [0.15, 0.2) is 5.76 Å². The summed E-state index contributed by atoms with van der Waals surface area (Å²) in [6.45, 7) is 4.70. The van der Waals surface area contributed by atoms with Crippen LogP contribution in [0.3, 0.4) is 0 Å². The molecule has 0 radical (unpaired) electrons. The molecule has 0 saturated carbocycles. The number of carbonyl (C=O) groups is 1. The number of aryl methyl sites for hydroxylation is 1. The van der Waals surface area contributed by atoms with Crippen molar-refractivity contribution >= 4 is 5.91 Å². The Bertz CT molecular complexity index is 356. The van der Waals surface area contributed by atoms with Crippen molar-refractivity contribution < 1.29 is 13.9 Å². The molecule has 5 nitrogen and oxygen atoms in total. The van der Waals surface area contributed by atoms with Gasteiger partial charge in [-0.3, -0.25) is 4.79 Å². The number of morpholine rings is 1. The lowest BCUT2D eigenvalue weighted by molar-refractivity contribution is 0.0284. The van der Waals surface area contributed by atoms with Gasteiger partial charge in [-0.1, -0.05) is 0 Å². The molecule has 1 aliphatic rings. The molecule has 1 saturated heterocycles. The average molecular weight is 224 g/mol. The standard InChI is InChI=1S/C11H16N2O3/c1-8-2-4-16-10(8)11(14)13-7-9-6-12-3-5-15-9/h2,4,9,12H,3,5-7H2,1H3,(H,13,14). The fourth-order valence-electron chi connectivity index (χ4n) is 1.64. The van der Waals surface area contributed by atoms with Crippen molar-refractivity contribution in [3.05, 3.63) is 23.7 Å². The van der Waals surface area contributed by atoms with Crippen molar-refractivity contribution in [3.8, 4) is 0 Å². The molecule has 1 fully saturated rings. The second kappa shape index (κ2) is 5.14. The first-order chi connectivity index (χ1) is 7.77. The third kappa shape index (κ3) is 2.62. The van der Waals surface area contributed by atoms with Crippen LogP contribution in [0.5, 0.6) is 0 Å². The predicted octanol–water partition coefficient (Wildman–Crippen LogP) is 0.306. The van der Waals surface area contributed by atoms with Gasteiger partial charge in [-0.05, 0) is 13.0 Å². The molecule has 16 heavy (non-hydrogen) atoms. The highest BCUT2D eigenvalue weighted by molar-refractivity contribution is 5.92. The summed E-state index contributed by atoms with van der Waals surface area (Å²) in [4.78, 5) is 11.7. The number of ether oxygens (including phenoxy) is 1. The Balaban J connectivity index is 1.81. The summed E-state index contributed by atoms with van der Waals surface area (Å²) >= 11 is 0. The van der Waals surface area contributed by atoms with Gasteiger partial charge in [0.05, 0.1) is 19.0 Å². The summed E-state index contributed by atoms with van der Waals surface area (Å²) in [5.41, 5.74) is 0.847. The van der Waals surface area contributed by atoms with Crippen LogP contribution in [0.4, 0.5) is 0 Å². The number of carbonyl (C=O) groups excluding carboxylic acids is 1. The third-order valence-electron chi connectivity index (χ3n) is 2.56. The van der Waals surface area contributed by atoms with E-state index in [0.717, 1.165) is 18.7 Å². The Morgan fingerprint density at radius 2 is 2.56 bits per heavy atom. The van der Waals surface area contributed by atoms with Crippen molar-refractivity contribution in [2.45, 2.75) is 13.0 Å². The number of nitrogens with one attached hydrogen (secondary N) is 2. The fourth-order valence-corrected chi connectivity index (χ4v) is 1.64. The molecule has 1 aliphatic heterocycles. The van der Waals surface area contributed by atoms with Crippen LogP contribution in [0.2, 0.25) is 0 Å². The Hall–Kier alpha value is -1.33. The molecule has 2 heterocycles. The Labute approximate surface area is 94.1 Å². The highest BCUT2D eigenvalue weighted by Crippen LogP contribution is 2.08. The molecule has 0 aliphatic carbocycles. The Morgan fingerprint density at radius 3 is 3.19 bits per heavy atom. The van der Waals surface area contributed by atoms with E-state index in [4.69, 9.17) is 9.15 Å². The minimum absolute atomic E-state index is 0.0490. The number of rotatable bonds is 3. The van der Waals surface area contributed by atoms with E-state index >= 15 is 0 Å². The van der Waals surface area contributed by atoms with Crippen molar-refractivity contribution in [2.24, 2.45) is 0 Å². The summed E-state index contributed by atoms with van der Waals surface area (Å²) < 4.78 is 10.6. The third-order valence-corrected chi connectivity index (χ3v) is 2.56. The molecule has 88 valence electrons. The van der Waals surface area contributed by atoms with Gasteiger partial charge in [-0.15, -0.1) is 0 Å². The van der Waals surface area contributed by atoms with Crippen LogP contribution in [0.15, 0.2) is 16.7 Å². The van der Waals surface area contributed by atoms with E-state index in [1.165, 1.54) is 6.26 Å². The van der Waals surface area contributed by atoms with E-state index in [1.54, 1.807) is 6.07 Å². The van der Waals surface area contributed by atoms with Crippen LogP contribution in [-0.4, -0.2) is 38.3 Å². The number of furan rings is 1. The van der Waals surface area contributed by atoms with Gasteiger partial charge >= 0.3 is 0 Å². The SMILES string of the molecule is Cc1ccoc1C(=O)NCC1CNCCO1. The molecule has 1 atom stereocenters. The number of amides is 1.